The molecule has 3 nitrogen and oxygen atoms in total. The Labute approximate surface area is 116 Å². The van der Waals surface area contributed by atoms with E-state index in [0.29, 0.717) is 17.9 Å². The number of carbonyl (C=O) groups excluding carboxylic acids is 1. The van der Waals surface area contributed by atoms with Crippen molar-refractivity contribution in [3.63, 3.8) is 0 Å². The molecule has 3 rings (SSSR count). The monoisotopic (exact) mass is 264 g/mol. The molecule has 0 radical (unpaired) electrons. The Morgan fingerprint density at radius 3 is 2.68 bits per heavy atom. The van der Waals surface area contributed by atoms with Gasteiger partial charge >= 0.3 is 0 Å². The number of fused-ring (bicyclic) bond motifs is 1. The van der Waals surface area contributed by atoms with E-state index in [9.17, 15) is 4.79 Å². The largest absolute Gasteiger partial charge is 0.339 e. The fourth-order valence-corrected chi connectivity index (χ4v) is 4.77. The number of amides is 1. The van der Waals surface area contributed by atoms with Crippen molar-refractivity contribution in [2.75, 3.05) is 6.54 Å². The molecule has 3 aliphatic rings. The zero-order valence-electron chi connectivity index (χ0n) is 12.2. The molecule has 1 heterocycles. The highest BCUT2D eigenvalue weighted by molar-refractivity contribution is 5.79. The normalized spacial score (nSPS) is 43.1. The molecule has 1 aliphatic heterocycles. The summed E-state index contributed by atoms with van der Waals surface area (Å²) in [6, 6.07) is 0.803. The number of nitrogens with two attached hydrogens (primary N) is 1. The van der Waals surface area contributed by atoms with Crippen molar-refractivity contribution in [3.8, 4) is 0 Å². The predicted octanol–water partition coefficient (Wildman–Crippen LogP) is 2.54. The van der Waals surface area contributed by atoms with E-state index in [1.807, 2.05) is 0 Å². The van der Waals surface area contributed by atoms with Gasteiger partial charge in [0.25, 0.3) is 0 Å². The van der Waals surface area contributed by atoms with E-state index in [2.05, 4.69) is 11.8 Å². The molecule has 3 heteroatoms. The van der Waals surface area contributed by atoms with Crippen LogP contribution in [0.3, 0.4) is 0 Å². The maximum Gasteiger partial charge on any atom is 0.226 e. The topological polar surface area (TPSA) is 46.3 Å². The third kappa shape index (κ3) is 2.67. The molecular weight excluding hydrogens is 236 g/mol. The first-order chi connectivity index (χ1) is 9.15. The summed E-state index contributed by atoms with van der Waals surface area (Å²) in [4.78, 5) is 15.1. The molecule has 1 amide bonds. The first-order valence-corrected chi connectivity index (χ1v) is 8.21. The summed E-state index contributed by atoms with van der Waals surface area (Å²) in [6.07, 6.45) is 9.57. The van der Waals surface area contributed by atoms with Crippen LogP contribution in [-0.2, 0) is 4.79 Å². The third-order valence-corrected chi connectivity index (χ3v) is 5.62. The molecule has 2 saturated carbocycles. The molecular formula is C16H28N2O. The van der Waals surface area contributed by atoms with Crippen molar-refractivity contribution in [3.05, 3.63) is 0 Å². The highest BCUT2D eigenvalue weighted by atomic mass is 16.2. The Balaban J connectivity index is 1.66. The van der Waals surface area contributed by atoms with Gasteiger partial charge in [-0.05, 0) is 50.4 Å². The fourth-order valence-electron chi connectivity index (χ4n) is 4.77. The van der Waals surface area contributed by atoms with Gasteiger partial charge in [0.05, 0.1) is 0 Å². The Bertz CT molecular complexity index is 334. The predicted molar refractivity (Wildman–Crippen MR) is 76.6 cm³/mol. The maximum atomic E-state index is 12.8. The van der Waals surface area contributed by atoms with E-state index >= 15 is 0 Å². The van der Waals surface area contributed by atoms with Crippen LogP contribution in [0.15, 0.2) is 0 Å². The quantitative estimate of drug-likeness (QED) is 0.791. The van der Waals surface area contributed by atoms with E-state index in [-0.39, 0.29) is 12.0 Å². The highest BCUT2D eigenvalue weighted by Crippen LogP contribution is 2.38. The second kappa shape index (κ2) is 5.43. The molecule has 5 atom stereocenters. The Kier molecular flexibility index (Phi) is 3.84. The standard InChI is InChI=1S/C16H28N2O/c1-11-8-13(10-14(17)9-11)16(19)18-7-6-12-4-2-3-5-15(12)18/h11-15H,2-10,17H2,1H3. The fraction of sp³-hybridized carbons (Fsp3) is 0.938. The molecule has 0 bridgehead atoms. The van der Waals surface area contributed by atoms with Gasteiger partial charge in [0, 0.05) is 24.5 Å². The number of carbonyl (C=O) groups is 1. The van der Waals surface area contributed by atoms with Crippen LogP contribution in [0.4, 0.5) is 0 Å². The van der Waals surface area contributed by atoms with Crippen molar-refractivity contribution in [2.24, 2.45) is 23.5 Å². The summed E-state index contributed by atoms with van der Waals surface area (Å²) in [5.74, 6) is 2.05. The summed E-state index contributed by atoms with van der Waals surface area (Å²) in [7, 11) is 0. The highest BCUT2D eigenvalue weighted by Gasteiger charge is 2.41. The zero-order valence-corrected chi connectivity index (χ0v) is 12.2. The van der Waals surface area contributed by atoms with Crippen LogP contribution in [0, 0.1) is 17.8 Å². The lowest BCUT2D eigenvalue weighted by Gasteiger charge is -2.37. The number of nitrogens with zero attached hydrogens (tertiary/aromatic N) is 1. The Hall–Kier alpha value is -0.570. The second-order valence-corrected chi connectivity index (χ2v) is 7.20. The van der Waals surface area contributed by atoms with Gasteiger partial charge in [-0.3, -0.25) is 4.79 Å². The Morgan fingerprint density at radius 2 is 1.89 bits per heavy atom. The summed E-state index contributed by atoms with van der Waals surface area (Å²) in [5.41, 5.74) is 6.11. The molecule has 0 aromatic heterocycles. The van der Waals surface area contributed by atoms with Gasteiger partial charge in [0.2, 0.25) is 5.91 Å². The van der Waals surface area contributed by atoms with E-state index in [1.165, 1.54) is 32.1 Å². The molecule has 2 aliphatic carbocycles. The third-order valence-electron chi connectivity index (χ3n) is 5.62. The van der Waals surface area contributed by atoms with E-state index < -0.39 is 0 Å². The smallest absolute Gasteiger partial charge is 0.226 e. The van der Waals surface area contributed by atoms with Gasteiger partial charge in [-0.25, -0.2) is 0 Å². The minimum absolute atomic E-state index is 0.208. The van der Waals surface area contributed by atoms with Gasteiger partial charge in [-0.15, -0.1) is 0 Å². The molecule has 1 saturated heterocycles. The maximum absolute atomic E-state index is 12.8. The van der Waals surface area contributed by atoms with Crippen LogP contribution in [0.2, 0.25) is 0 Å². The van der Waals surface area contributed by atoms with Crippen LogP contribution in [0.1, 0.15) is 58.3 Å². The second-order valence-electron chi connectivity index (χ2n) is 7.20. The van der Waals surface area contributed by atoms with Crippen molar-refractivity contribution < 1.29 is 4.79 Å². The summed E-state index contributed by atoms with van der Waals surface area (Å²) < 4.78 is 0. The van der Waals surface area contributed by atoms with Gasteiger partial charge in [0.15, 0.2) is 0 Å². The first-order valence-electron chi connectivity index (χ1n) is 8.21. The SMILES string of the molecule is CC1CC(N)CC(C(=O)N2CCC3CCCCC32)C1. The minimum atomic E-state index is 0.208. The van der Waals surface area contributed by atoms with E-state index in [4.69, 9.17) is 5.73 Å². The number of hydrogen-bond acceptors (Lipinski definition) is 2. The summed E-state index contributed by atoms with van der Waals surface area (Å²) >= 11 is 0. The van der Waals surface area contributed by atoms with Crippen molar-refractivity contribution >= 4 is 5.91 Å². The summed E-state index contributed by atoms with van der Waals surface area (Å²) in [6.45, 7) is 3.25. The van der Waals surface area contributed by atoms with Crippen LogP contribution in [0.25, 0.3) is 0 Å². The lowest BCUT2D eigenvalue weighted by molar-refractivity contribution is -0.138. The minimum Gasteiger partial charge on any atom is -0.339 e. The van der Waals surface area contributed by atoms with Gasteiger partial charge < -0.3 is 10.6 Å². The number of likely N-dealkylation sites (tertiary alicyclic amines) is 1. The average molecular weight is 264 g/mol. The van der Waals surface area contributed by atoms with Crippen molar-refractivity contribution in [1.82, 2.24) is 4.90 Å². The first kappa shape index (κ1) is 13.4. The number of rotatable bonds is 1. The van der Waals surface area contributed by atoms with Crippen LogP contribution in [-0.4, -0.2) is 29.4 Å². The lowest BCUT2D eigenvalue weighted by atomic mass is 9.78. The number of hydrogen-bond donors (Lipinski definition) is 1. The van der Waals surface area contributed by atoms with Crippen LogP contribution < -0.4 is 5.73 Å². The molecule has 108 valence electrons. The zero-order chi connectivity index (χ0) is 13.4. The lowest BCUT2D eigenvalue weighted by Crippen LogP contribution is -2.45. The molecule has 0 aromatic rings. The Morgan fingerprint density at radius 1 is 1.11 bits per heavy atom. The molecule has 0 aromatic carbocycles. The van der Waals surface area contributed by atoms with Crippen molar-refractivity contribution in [1.29, 1.82) is 0 Å². The van der Waals surface area contributed by atoms with Crippen LogP contribution >= 0.6 is 0 Å². The van der Waals surface area contributed by atoms with Crippen LogP contribution in [0.5, 0.6) is 0 Å². The molecule has 3 fully saturated rings. The molecule has 5 unspecified atom stereocenters. The van der Waals surface area contributed by atoms with Gasteiger partial charge in [-0.1, -0.05) is 19.8 Å². The average Bonchev–Trinajstić information content (AvgIpc) is 2.80. The van der Waals surface area contributed by atoms with Gasteiger partial charge in [-0.2, -0.15) is 0 Å². The molecule has 0 spiro atoms. The molecule has 2 N–H and O–H groups in total. The summed E-state index contributed by atoms with van der Waals surface area (Å²) in [5, 5.41) is 0. The van der Waals surface area contributed by atoms with E-state index in [0.717, 1.165) is 31.7 Å². The van der Waals surface area contributed by atoms with E-state index in [1.54, 1.807) is 0 Å². The van der Waals surface area contributed by atoms with Crippen molar-refractivity contribution in [2.45, 2.75) is 70.4 Å². The molecule has 19 heavy (non-hydrogen) atoms. The van der Waals surface area contributed by atoms with Gasteiger partial charge in [0.1, 0.15) is 0 Å².